The molecule has 0 aromatic carbocycles. The molecule has 1 atom stereocenters. The van der Waals surface area contributed by atoms with Gasteiger partial charge in [-0.25, -0.2) is 4.79 Å². The highest BCUT2D eigenvalue weighted by Gasteiger charge is 2.31. The second-order valence-corrected chi connectivity index (χ2v) is 8.28. The second kappa shape index (κ2) is 10.9. The van der Waals surface area contributed by atoms with Crippen molar-refractivity contribution in [1.82, 2.24) is 5.32 Å². The zero-order valence-corrected chi connectivity index (χ0v) is 16.2. The highest BCUT2D eigenvalue weighted by Crippen LogP contribution is 2.32. The van der Waals surface area contributed by atoms with Gasteiger partial charge in [0.25, 0.3) is 0 Å². The highest BCUT2D eigenvalue weighted by molar-refractivity contribution is 5.67. The van der Waals surface area contributed by atoms with E-state index in [9.17, 15) is 9.90 Å². The third-order valence-corrected chi connectivity index (χ3v) is 3.99. The predicted molar refractivity (Wildman–Crippen MR) is 96.6 cm³/mol. The SMILES string of the molecule is CCCCCCCC(CO)(CNC(=O)OC(C)(C)C)CC(C)C. The summed E-state index contributed by atoms with van der Waals surface area (Å²) in [5.41, 5.74) is -0.735. The van der Waals surface area contributed by atoms with Gasteiger partial charge >= 0.3 is 6.09 Å². The summed E-state index contributed by atoms with van der Waals surface area (Å²) in [6.07, 6.45) is 7.51. The van der Waals surface area contributed by atoms with E-state index in [0.29, 0.717) is 12.5 Å². The summed E-state index contributed by atoms with van der Waals surface area (Å²) >= 11 is 0. The molecule has 0 radical (unpaired) electrons. The van der Waals surface area contributed by atoms with E-state index in [4.69, 9.17) is 4.74 Å². The molecular formula is C19H39NO3. The van der Waals surface area contributed by atoms with Gasteiger partial charge in [0.2, 0.25) is 0 Å². The van der Waals surface area contributed by atoms with Crippen LogP contribution in [0.5, 0.6) is 0 Å². The van der Waals surface area contributed by atoms with Gasteiger partial charge < -0.3 is 15.2 Å². The Hall–Kier alpha value is -0.770. The number of aliphatic hydroxyl groups is 1. The Bertz CT molecular complexity index is 323. The molecule has 4 heteroatoms. The third kappa shape index (κ3) is 11.4. The molecule has 0 heterocycles. The molecule has 0 rings (SSSR count). The van der Waals surface area contributed by atoms with Crippen LogP contribution < -0.4 is 5.32 Å². The first-order chi connectivity index (χ1) is 10.6. The lowest BCUT2D eigenvalue weighted by Gasteiger charge is -2.34. The number of carbonyl (C=O) groups excluding carboxylic acids is 1. The van der Waals surface area contributed by atoms with Crippen molar-refractivity contribution >= 4 is 6.09 Å². The molecule has 0 aliphatic heterocycles. The van der Waals surface area contributed by atoms with Crippen LogP contribution in [0.25, 0.3) is 0 Å². The molecule has 4 nitrogen and oxygen atoms in total. The van der Waals surface area contributed by atoms with Crippen LogP contribution >= 0.6 is 0 Å². The van der Waals surface area contributed by atoms with Gasteiger partial charge in [-0.15, -0.1) is 0 Å². The van der Waals surface area contributed by atoms with Crippen LogP contribution in [-0.2, 0) is 4.74 Å². The molecule has 0 aromatic heterocycles. The van der Waals surface area contributed by atoms with Crippen LogP contribution in [0.3, 0.4) is 0 Å². The van der Waals surface area contributed by atoms with Crippen LogP contribution in [0.1, 0.15) is 86.5 Å². The normalized spacial score (nSPS) is 14.6. The topological polar surface area (TPSA) is 58.6 Å². The Kier molecular flexibility index (Phi) is 10.5. The first-order valence-corrected chi connectivity index (χ1v) is 9.22. The number of alkyl carbamates (subject to hydrolysis) is 1. The summed E-state index contributed by atoms with van der Waals surface area (Å²) in [6, 6.07) is 0. The summed E-state index contributed by atoms with van der Waals surface area (Å²) in [5.74, 6) is 0.484. The fraction of sp³-hybridized carbons (Fsp3) is 0.947. The third-order valence-electron chi connectivity index (χ3n) is 3.99. The van der Waals surface area contributed by atoms with Crippen molar-refractivity contribution in [2.24, 2.45) is 11.3 Å². The minimum Gasteiger partial charge on any atom is -0.444 e. The van der Waals surface area contributed by atoms with Gasteiger partial charge in [-0.2, -0.15) is 0 Å². The van der Waals surface area contributed by atoms with Gasteiger partial charge in [-0.05, 0) is 39.5 Å². The zero-order chi connectivity index (χ0) is 17.9. The number of carbonyl (C=O) groups is 1. The Morgan fingerprint density at radius 3 is 2.22 bits per heavy atom. The van der Waals surface area contributed by atoms with Gasteiger partial charge in [0.15, 0.2) is 0 Å². The molecule has 23 heavy (non-hydrogen) atoms. The van der Waals surface area contributed by atoms with E-state index in [0.717, 1.165) is 19.3 Å². The zero-order valence-electron chi connectivity index (χ0n) is 16.2. The number of hydrogen-bond donors (Lipinski definition) is 2. The smallest absolute Gasteiger partial charge is 0.407 e. The van der Waals surface area contributed by atoms with Crippen molar-refractivity contribution in [1.29, 1.82) is 0 Å². The van der Waals surface area contributed by atoms with Crippen LogP contribution in [0.15, 0.2) is 0 Å². The van der Waals surface area contributed by atoms with Crippen LogP contribution in [0.4, 0.5) is 4.79 Å². The van der Waals surface area contributed by atoms with Gasteiger partial charge in [0.05, 0.1) is 6.61 Å². The molecule has 0 saturated heterocycles. The fourth-order valence-electron chi connectivity index (χ4n) is 3.01. The van der Waals surface area contributed by atoms with Crippen molar-refractivity contribution in [3.63, 3.8) is 0 Å². The minimum absolute atomic E-state index is 0.106. The number of rotatable bonds is 11. The second-order valence-electron chi connectivity index (χ2n) is 8.28. The van der Waals surface area contributed by atoms with E-state index < -0.39 is 11.7 Å². The highest BCUT2D eigenvalue weighted by atomic mass is 16.6. The Morgan fingerprint density at radius 2 is 1.74 bits per heavy atom. The number of hydrogen-bond acceptors (Lipinski definition) is 3. The van der Waals surface area contributed by atoms with Crippen molar-refractivity contribution in [3.8, 4) is 0 Å². The molecule has 2 N–H and O–H groups in total. The first-order valence-electron chi connectivity index (χ1n) is 9.22. The monoisotopic (exact) mass is 329 g/mol. The average molecular weight is 330 g/mol. The van der Waals surface area contributed by atoms with Gasteiger partial charge in [-0.1, -0.05) is 52.9 Å². The van der Waals surface area contributed by atoms with Crippen LogP contribution in [0.2, 0.25) is 0 Å². The maximum Gasteiger partial charge on any atom is 0.407 e. The predicted octanol–water partition coefficient (Wildman–Crippen LogP) is 4.90. The van der Waals surface area contributed by atoms with Crippen LogP contribution in [0, 0.1) is 11.3 Å². The van der Waals surface area contributed by atoms with Crippen molar-refractivity contribution in [2.45, 2.75) is 92.1 Å². The minimum atomic E-state index is -0.496. The maximum atomic E-state index is 11.9. The summed E-state index contributed by atoms with van der Waals surface area (Å²) in [7, 11) is 0. The lowest BCUT2D eigenvalue weighted by Crippen LogP contribution is -2.43. The molecule has 0 fully saturated rings. The maximum absolute atomic E-state index is 11.9. The molecule has 0 aromatic rings. The van der Waals surface area contributed by atoms with E-state index in [1.807, 2.05) is 20.8 Å². The van der Waals surface area contributed by atoms with E-state index in [1.165, 1.54) is 25.7 Å². The molecule has 1 amide bonds. The lowest BCUT2D eigenvalue weighted by molar-refractivity contribution is 0.0421. The summed E-state index contributed by atoms with van der Waals surface area (Å²) in [4.78, 5) is 11.9. The Balaban J connectivity index is 4.55. The number of aliphatic hydroxyl groups excluding tert-OH is 1. The largest absolute Gasteiger partial charge is 0.444 e. The van der Waals surface area contributed by atoms with E-state index in [-0.39, 0.29) is 12.0 Å². The average Bonchev–Trinajstić information content (AvgIpc) is 2.42. The fourth-order valence-corrected chi connectivity index (χ4v) is 3.01. The number of unbranched alkanes of at least 4 members (excludes halogenated alkanes) is 4. The van der Waals surface area contributed by atoms with Gasteiger partial charge in [0.1, 0.15) is 5.60 Å². The number of ether oxygens (including phenoxy) is 1. The first kappa shape index (κ1) is 22.2. The molecular weight excluding hydrogens is 290 g/mol. The molecule has 0 aliphatic rings. The molecule has 0 aliphatic carbocycles. The summed E-state index contributed by atoms with van der Waals surface area (Å²) in [6.45, 7) is 12.7. The molecule has 0 saturated carbocycles. The van der Waals surface area contributed by atoms with E-state index >= 15 is 0 Å². The van der Waals surface area contributed by atoms with Gasteiger partial charge in [-0.3, -0.25) is 0 Å². The lowest BCUT2D eigenvalue weighted by atomic mass is 9.76. The van der Waals surface area contributed by atoms with Crippen LogP contribution in [-0.4, -0.2) is 30.0 Å². The van der Waals surface area contributed by atoms with Crippen molar-refractivity contribution < 1.29 is 14.6 Å². The Labute approximate surface area is 143 Å². The molecule has 0 bridgehead atoms. The number of nitrogens with one attached hydrogen (secondary N) is 1. The quantitative estimate of drug-likeness (QED) is 0.530. The van der Waals surface area contributed by atoms with E-state index in [1.54, 1.807) is 0 Å². The number of amides is 1. The summed E-state index contributed by atoms with van der Waals surface area (Å²) < 4.78 is 5.31. The Morgan fingerprint density at radius 1 is 1.13 bits per heavy atom. The van der Waals surface area contributed by atoms with Gasteiger partial charge in [0, 0.05) is 12.0 Å². The molecule has 0 spiro atoms. The summed E-state index contributed by atoms with van der Waals surface area (Å²) in [5, 5.41) is 12.8. The van der Waals surface area contributed by atoms with Crippen molar-refractivity contribution in [3.05, 3.63) is 0 Å². The van der Waals surface area contributed by atoms with Crippen molar-refractivity contribution in [2.75, 3.05) is 13.2 Å². The molecule has 1 unspecified atom stereocenters. The standard InChI is InChI=1S/C19H39NO3/c1-7-8-9-10-11-12-19(15-21,13-16(2)3)14-20-17(22)23-18(4,5)6/h16,21H,7-15H2,1-6H3,(H,20,22). The molecule has 138 valence electrons. The van der Waals surface area contributed by atoms with E-state index in [2.05, 4.69) is 26.1 Å².